The number of amides is 1. The van der Waals surface area contributed by atoms with E-state index >= 15 is 0 Å². The highest BCUT2D eigenvalue weighted by molar-refractivity contribution is 5.79. The van der Waals surface area contributed by atoms with Crippen LogP contribution in [0.3, 0.4) is 0 Å². The smallest absolute Gasteiger partial charge is 0.227 e. The maximum absolute atomic E-state index is 13.2. The Morgan fingerprint density at radius 1 is 1.16 bits per heavy atom. The lowest BCUT2D eigenvalue weighted by Crippen LogP contribution is -2.63. The number of nitrogens with zero attached hydrogens (tertiary/aromatic N) is 1. The fourth-order valence-electron chi connectivity index (χ4n) is 4.40. The lowest BCUT2D eigenvalue weighted by Gasteiger charge is -2.49. The van der Waals surface area contributed by atoms with Crippen molar-refractivity contribution in [3.63, 3.8) is 0 Å². The summed E-state index contributed by atoms with van der Waals surface area (Å²) in [5.74, 6) is 0.279. The second-order valence-electron chi connectivity index (χ2n) is 9.00. The van der Waals surface area contributed by atoms with Gasteiger partial charge in [0.25, 0.3) is 0 Å². The van der Waals surface area contributed by atoms with Crippen LogP contribution < -0.4 is 5.32 Å². The molecule has 0 radical (unpaired) electrons. The van der Waals surface area contributed by atoms with Crippen LogP contribution in [0.4, 0.5) is 0 Å². The van der Waals surface area contributed by atoms with Gasteiger partial charge in [0.1, 0.15) is 0 Å². The second kappa shape index (κ2) is 7.90. The van der Waals surface area contributed by atoms with E-state index in [0.29, 0.717) is 12.5 Å². The normalized spacial score (nSPS) is 19.6. The van der Waals surface area contributed by atoms with E-state index in [4.69, 9.17) is 0 Å². The number of benzene rings is 1. The van der Waals surface area contributed by atoms with Gasteiger partial charge < -0.3 is 10.2 Å². The van der Waals surface area contributed by atoms with E-state index in [-0.39, 0.29) is 17.0 Å². The molecule has 0 atom stereocenters. The molecular weight excluding hydrogens is 308 g/mol. The van der Waals surface area contributed by atoms with Gasteiger partial charge in [-0.15, -0.1) is 0 Å². The molecule has 0 aliphatic carbocycles. The molecule has 1 aromatic carbocycles. The van der Waals surface area contributed by atoms with Gasteiger partial charge in [-0.1, -0.05) is 37.6 Å². The van der Waals surface area contributed by atoms with Crippen molar-refractivity contribution in [1.29, 1.82) is 0 Å². The number of aryl methyl sites for hydroxylation is 1. The molecule has 0 bridgehead atoms. The minimum Gasteiger partial charge on any atom is -0.339 e. The summed E-state index contributed by atoms with van der Waals surface area (Å²) >= 11 is 0. The predicted molar refractivity (Wildman–Crippen MR) is 106 cm³/mol. The zero-order chi connectivity index (χ0) is 18.7. The van der Waals surface area contributed by atoms with Crippen LogP contribution in [-0.4, -0.2) is 34.5 Å². The van der Waals surface area contributed by atoms with Crippen molar-refractivity contribution in [3.05, 3.63) is 35.4 Å². The molecule has 1 saturated heterocycles. The van der Waals surface area contributed by atoms with Crippen molar-refractivity contribution in [1.82, 2.24) is 10.2 Å². The van der Waals surface area contributed by atoms with Gasteiger partial charge >= 0.3 is 0 Å². The zero-order valence-corrected chi connectivity index (χ0v) is 17.0. The van der Waals surface area contributed by atoms with Crippen molar-refractivity contribution in [2.45, 2.75) is 90.8 Å². The highest BCUT2D eigenvalue weighted by Crippen LogP contribution is 2.32. The largest absolute Gasteiger partial charge is 0.339 e. The summed E-state index contributed by atoms with van der Waals surface area (Å²) in [4.78, 5) is 15.4. The molecule has 1 N–H and O–H groups in total. The number of hydrogen-bond donors (Lipinski definition) is 1. The first-order chi connectivity index (χ1) is 11.6. The van der Waals surface area contributed by atoms with E-state index in [0.717, 1.165) is 37.8 Å². The summed E-state index contributed by atoms with van der Waals surface area (Å²) < 4.78 is 0. The number of rotatable bonds is 6. The van der Waals surface area contributed by atoms with Crippen molar-refractivity contribution >= 4 is 5.91 Å². The van der Waals surface area contributed by atoms with Gasteiger partial charge in [0.15, 0.2) is 0 Å². The molecule has 1 aliphatic rings. The summed E-state index contributed by atoms with van der Waals surface area (Å²) in [7, 11) is 0. The van der Waals surface area contributed by atoms with Gasteiger partial charge in [-0.05, 0) is 65.0 Å². The fourth-order valence-corrected chi connectivity index (χ4v) is 4.40. The third kappa shape index (κ3) is 5.57. The Kier molecular flexibility index (Phi) is 6.31. The summed E-state index contributed by atoms with van der Waals surface area (Å²) in [5.41, 5.74) is 2.47. The van der Waals surface area contributed by atoms with Crippen LogP contribution in [0.15, 0.2) is 24.3 Å². The lowest BCUT2D eigenvalue weighted by molar-refractivity contribution is -0.134. The first-order valence-electron chi connectivity index (χ1n) is 9.77. The molecule has 2 rings (SSSR count). The van der Waals surface area contributed by atoms with E-state index in [2.05, 4.69) is 63.9 Å². The van der Waals surface area contributed by atoms with Gasteiger partial charge in [0.2, 0.25) is 5.91 Å². The van der Waals surface area contributed by atoms with E-state index in [1.54, 1.807) is 0 Å². The van der Waals surface area contributed by atoms with Gasteiger partial charge in [0.05, 0.1) is 6.42 Å². The third-order valence-electron chi connectivity index (χ3n) is 5.29. The first kappa shape index (κ1) is 20.0. The van der Waals surface area contributed by atoms with Crippen LogP contribution in [0, 0.1) is 6.92 Å². The van der Waals surface area contributed by atoms with Gasteiger partial charge in [-0.3, -0.25) is 4.79 Å². The molecule has 1 aliphatic heterocycles. The van der Waals surface area contributed by atoms with Crippen molar-refractivity contribution in [2.24, 2.45) is 0 Å². The summed E-state index contributed by atoms with van der Waals surface area (Å²) in [6.45, 7) is 14.2. The molecule has 1 heterocycles. The Balaban J connectivity index is 2.20. The molecule has 0 aromatic heterocycles. The quantitative estimate of drug-likeness (QED) is 0.825. The Hall–Kier alpha value is -1.35. The van der Waals surface area contributed by atoms with Crippen molar-refractivity contribution in [3.8, 4) is 0 Å². The maximum atomic E-state index is 13.2. The number of piperidine rings is 1. The average Bonchev–Trinajstić information content (AvgIpc) is 2.47. The maximum Gasteiger partial charge on any atom is 0.227 e. The number of carbonyl (C=O) groups excluding carboxylic acids is 1. The standard InChI is InChI=1S/C22H36N2O/c1-7-8-13-24(19-15-21(3,4)23-22(5,6)16-19)20(25)14-18-12-10-9-11-17(18)2/h9-12,19,23H,7-8,13-16H2,1-6H3. The number of nitrogens with one attached hydrogen (secondary N) is 1. The molecule has 3 heteroatoms. The Labute approximate surface area is 154 Å². The second-order valence-corrected chi connectivity index (χ2v) is 9.00. The summed E-state index contributed by atoms with van der Waals surface area (Å²) in [5, 5.41) is 3.73. The van der Waals surface area contributed by atoms with E-state index in [1.165, 1.54) is 5.56 Å². The minimum absolute atomic E-state index is 0.0554. The average molecular weight is 345 g/mol. The predicted octanol–water partition coefficient (Wildman–Crippen LogP) is 4.48. The van der Waals surface area contributed by atoms with Gasteiger partial charge in [-0.25, -0.2) is 0 Å². The van der Waals surface area contributed by atoms with Gasteiger partial charge in [-0.2, -0.15) is 0 Å². The van der Waals surface area contributed by atoms with Crippen LogP contribution in [0.25, 0.3) is 0 Å². The van der Waals surface area contributed by atoms with Crippen molar-refractivity contribution in [2.75, 3.05) is 6.54 Å². The number of hydrogen-bond acceptors (Lipinski definition) is 2. The molecule has 25 heavy (non-hydrogen) atoms. The van der Waals surface area contributed by atoms with Crippen LogP contribution in [-0.2, 0) is 11.2 Å². The van der Waals surface area contributed by atoms with E-state index in [9.17, 15) is 4.79 Å². The first-order valence-corrected chi connectivity index (χ1v) is 9.77. The highest BCUT2D eigenvalue weighted by atomic mass is 16.2. The highest BCUT2D eigenvalue weighted by Gasteiger charge is 2.40. The SMILES string of the molecule is CCCCN(C(=O)Cc1ccccc1C)C1CC(C)(C)NC(C)(C)C1. The minimum atomic E-state index is 0.0554. The zero-order valence-electron chi connectivity index (χ0n) is 17.0. The topological polar surface area (TPSA) is 32.3 Å². The van der Waals surface area contributed by atoms with Crippen LogP contribution in [0.1, 0.15) is 71.4 Å². The molecule has 0 spiro atoms. The fraction of sp³-hybridized carbons (Fsp3) is 0.682. The van der Waals surface area contributed by atoms with Crippen molar-refractivity contribution < 1.29 is 4.79 Å². The molecule has 140 valence electrons. The van der Waals surface area contributed by atoms with Crippen LogP contribution >= 0.6 is 0 Å². The third-order valence-corrected chi connectivity index (χ3v) is 5.29. The van der Waals surface area contributed by atoms with E-state index < -0.39 is 0 Å². The Morgan fingerprint density at radius 3 is 2.32 bits per heavy atom. The monoisotopic (exact) mass is 344 g/mol. The molecule has 0 saturated carbocycles. The number of unbranched alkanes of at least 4 members (excludes halogenated alkanes) is 1. The lowest BCUT2D eigenvalue weighted by atomic mass is 9.78. The molecule has 1 fully saturated rings. The molecule has 1 amide bonds. The molecular formula is C22H36N2O. The summed E-state index contributed by atoms with van der Waals surface area (Å²) in [6, 6.07) is 8.56. The van der Waals surface area contributed by atoms with Gasteiger partial charge in [0, 0.05) is 23.7 Å². The Bertz CT molecular complexity index is 575. The Morgan fingerprint density at radius 2 is 1.76 bits per heavy atom. The van der Waals surface area contributed by atoms with Crippen LogP contribution in [0.2, 0.25) is 0 Å². The summed E-state index contributed by atoms with van der Waals surface area (Å²) in [6.07, 6.45) is 4.73. The molecule has 0 unspecified atom stereocenters. The number of carbonyl (C=O) groups is 1. The van der Waals surface area contributed by atoms with E-state index in [1.807, 2.05) is 12.1 Å². The molecule has 3 nitrogen and oxygen atoms in total. The van der Waals surface area contributed by atoms with Crippen LogP contribution in [0.5, 0.6) is 0 Å². The molecule has 1 aromatic rings.